The zero-order valence-electron chi connectivity index (χ0n) is 10.9. The largest absolute Gasteiger partial charge is 0.489 e. The van der Waals surface area contributed by atoms with E-state index in [-0.39, 0.29) is 11.8 Å². The van der Waals surface area contributed by atoms with E-state index in [0.717, 1.165) is 18.4 Å². The molecule has 1 aliphatic heterocycles. The summed E-state index contributed by atoms with van der Waals surface area (Å²) >= 11 is 6.20. The van der Waals surface area contributed by atoms with Gasteiger partial charge in [-0.25, -0.2) is 0 Å². The Hall–Kier alpha value is -1.46. The van der Waals surface area contributed by atoms with E-state index in [4.69, 9.17) is 31.9 Å². The van der Waals surface area contributed by atoms with Gasteiger partial charge in [0.1, 0.15) is 6.04 Å². The van der Waals surface area contributed by atoms with Crippen LogP contribution in [0.5, 0.6) is 11.5 Å². The highest BCUT2D eigenvalue weighted by molar-refractivity contribution is 6.32. The van der Waals surface area contributed by atoms with Crippen LogP contribution in [-0.4, -0.2) is 30.3 Å². The maximum Gasteiger partial charge on any atom is 0.320 e. The topological polar surface area (TPSA) is 81.8 Å². The second-order valence-corrected chi connectivity index (χ2v) is 6.04. The number of fused-ring (bicyclic) bond motifs is 1. The quantitative estimate of drug-likeness (QED) is 0.890. The summed E-state index contributed by atoms with van der Waals surface area (Å²) in [5.74, 6) is 0.0853. The van der Waals surface area contributed by atoms with Crippen molar-refractivity contribution in [2.45, 2.75) is 25.3 Å². The number of carboxylic acid groups (broad SMARTS) is 1. The van der Waals surface area contributed by atoms with Gasteiger partial charge in [-0.3, -0.25) is 4.79 Å². The van der Waals surface area contributed by atoms with Gasteiger partial charge in [0, 0.05) is 5.41 Å². The lowest BCUT2D eigenvalue weighted by atomic mass is 10.1. The summed E-state index contributed by atoms with van der Waals surface area (Å²) in [4.78, 5) is 10.8. The molecule has 1 fully saturated rings. The molecule has 20 heavy (non-hydrogen) atoms. The number of benzene rings is 1. The van der Waals surface area contributed by atoms with Crippen molar-refractivity contribution in [3.63, 3.8) is 0 Å². The van der Waals surface area contributed by atoms with Gasteiger partial charge in [-0.2, -0.15) is 0 Å². The minimum absolute atomic E-state index is 0.139. The lowest BCUT2D eigenvalue weighted by molar-refractivity contribution is -0.138. The number of ether oxygens (including phenoxy) is 2. The molecule has 1 atom stereocenters. The van der Waals surface area contributed by atoms with Crippen molar-refractivity contribution in [2.24, 2.45) is 11.1 Å². The highest BCUT2D eigenvalue weighted by atomic mass is 35.5. The molecule has 108 valence electrons. The van der Waals surface area contributed by atoms with Crippen LogP contribution in [0.15, 0.2) is 12.1 Å². The van der Waals surface area contributed by atoms with E-state index in [1.54, 1.807) is 12.1 Å². The maximum atomic E-state index is 10.8. The van der Waals surface area contributed by atoms with Crippen LogP contribution in [-0.2, 0) is 11.2 Å². The highest BCUT2D eigenvalue weighted by Crippen LogP contribution is 2.50. The number of hydrogen-bond acceptors (Lipinski definition) is 4. The van der Waals surface area contributed by atoms with E-state index in [1.165, 1.54) is 0 Å². The van der Waals surface area contributed by atoms with Gasteiger partial charge in [0.2, 0.25) is 0 Å². The Labute approximate surface area is 121 Å². The molecule has 1 saturated carbocycles. The number of nitrogens with two attached hydrogens (primary N) is 1. The Morgan fingerprint density at radius 2 is 2.10 bits per heavy atom. The molecule has 2 aliphatic rings. The highest BCUT2D eigenvalue weighted by Gasteiger charge is 2.46. The first-order valence-electron chi connectivity index (χ1n) is 6.56. The molecule has 1 aromatic carbocycles. The van der Waals surface area contributed by atoms with E-state index in [0.29, 0.717) is 29.7 Å². The Morgan fingerprint density at radius 3 is 2.75 bits per heavy atom. The first-order valence-corrected chi connectivity index (χ1v) is 6.93. The number of aliphatic carboxylic acids is 1. The average molecular weight is 298 g/mol. The second kappa shape index (κ2) is 4.82. The predicted octanol–water partition coefficient (Wildman–Crippen LogP) is 1.85. The SMILES string of the molecule is NC(Cc1cc(Cl)c2c(c1)OCC1(CC1)CO2)C(=O)O. The molecule has 0 aromatic heterocycles. The van der Waals surface area contributed by atoms with Crippen molar-refractivity contribution in [3.8, 4) is 11.5 Å². The number of rotatable bonds is 3. The molecule has 1 unspecified atom stereocenters. The molecule has 1 aliphatic carbocycles. The standard InChI is InChI=1S/C14H16ClNO4/c15-9-3-8(4-10(16)13(17)18)5-11-12(9)20-7-14(1-2-14)6-19-11/h3,5,10H,1-2,4,6-7,16H2,(H,17,18). The summed E-state index contributed by atoms with van der Waals surface area (Å²) in [5, 5.41) is 9.30. The van der Waals surface area contributed by atoms with Crippen LogP contribution in [0.2, 0.25) is 5.02 Å². The number of halogens is 1. The summed E-state index contributed by atoms with van der Waals surface area (Å²) < 4.78 is 11.6. The predicted molar refractivity (Wildman–Crippen MR) is 73.4 cm³/mol. The maximum absolute atomic E-state index is 10.8. The molecule has 3 rings (SSSR count). The molecular weight excluding hydrogens is 282 g/mol. The van der Waals surface area contributed by atoms with Crippen LogP contribution in [0.25, 0.3) is 0 Å². The van der Waals surface area contributed by atoms with Crippen molar-refractivity contribution in [1.29, 1.82) is 0 Å². The minimum Gasteiger partial charge on any atom is -0.489 e. The lowest BCUT2D eigenvalue weighted by Gasteiger charge is -2.12. The average Bonchev–Trinajstić information content (AvgIpc) is 3.17. The van der Waals surface area contributed by atoms with E-state index in [1.807, 2.05) is 0 Å². The van der Waals surface area contributed by atoms with Gasteiger partial charge >= 0.3 is 5.97 Å². The zero-order chi connectivity index (χ0) is 14.3. The van der Waals surface area contributed by atoms with Crippen molar-refractivity contribution in [3.05, 3.63) is 22.7 Å². The molecule has 3 N–H and O–H groups in total. The van der Waals surface area contributed by atoms with Crippen molar-refractivity contribution < 1.29 is 19.4 Å². The first-order chi connectivity index (χ1) is 9.49. The molecule has 6 heteroatoms. The Balaban J connectivity index is 1.84. The first kappa shape index (κ1) is 13.5. The van der Waals surface area contributed by atoms with Gasteiger partial charge in [0.15, 0.2) is 11.5 Å². The van der Waals surface area contributed by atoms with E-state index >= 15 is 0 Å². The number of carboxylic acids is 1. The van der Waals surface area contributed by atoms with Crippen LogP contribution < -0.4 is 15.2 Å². The summed E-state index contributed by atoms with van der Waals surface area (Å²) in [6.07, 6.45) is 2.42. The fourth-order valence-corrected chi connectivity index (χ4v) is 2.58. The van der Waals surface area contributed by atoms with E-state index in [9.17, 15) is 4.79 Å². The smallest absolute Gasteiger partial charge is 0.320 e. The van der Waals surface area contributed by atoms with Crippen LogP contribution in [0, 0.1) is 5.41 Å². The minimum atomic E-state index is -1.04. The lowest BCUT2D eigenvalue weighted by Crippen LogP contribution is -2.32. The molecule has 0 radical (unpaired) electrons. The molecule has 5 nitrogen and oxygen atoms in total. The van der Waals surface area contributed by atoms with Crippen LogP contribution in [0.3, 0.4) is 0 Å². The third-order valence-corrected chi connectivity index (χ3v) is 4.14. The van der Waals surface area contributed by atoms with Gasteiger partial charge in [-0.1, -0.05) is 11.6 Å². The molecule has 0 bridgehead atoms. The molecular formula is C14H16ClNO4. The number of carbonyl (C=O) groups is 1. The van der Waals surface area contributed by atoms with Crippen molar-refractivity contribution >= 4 is 17.6 Å². The third-order valence-electron chi connectivity index (χ3n) is 3.86. The second-order valence-electron chi connectivity index (χ2n) is 5.63. The van der Waals surface area contributed by atoms with Gasteiger partial charge in [-0.05, 0) is 37.0 Å². The molecule has 1 aromatic rings. The summed E-state index contributed by atoms with van der Waals surface area (Å²) in [6.45, 7) is 1.23. The van der Waals surface area contributed by atoms with Crippen molar-refractivity contribution in [2.75, 3.05) is 13.2 Å². The fourth-order valence-electron chi connectivity index (χ4n) is 2.29. The van der Waals surface area contributed by atoms with Gasteiger partial charge in [-0.15, -0.1) is 0 Å². The summed E-state index contributed by atoms with van der Waals surface area (Å²) in [5.41, 5.74) is 6.42. The van der Waals surface area contributed by atoms with Crippen LogP contribution in [0.1, 0.15) is 18.4 Å². The van der Waals surface area contributed by atoms with Gasteiger partial charge < -0.3 is 20.3 Å². The normalized spacial score (nSPS) is 20.3. The molecule has 1 spiro atoms. The third kappa shape index (κ3) is 2.55. The summed E-state index contributed by atoms with van der Waals surface area (Å²) in [7, 11) is 0. The molecule has 0 saturated heterocycles. The molecule has 1 heterocycles. The van der Waals surface area contributed by atoms with E-state index < -0.39 is 12.0 Å². The Bertz CT molecular complexity index is 556. The number of hydrogen-bond donors (Lipinski definition) is 2. The Morgan fingerprint density at radius 1 is 1.40 bits per heavy atom. The monoisotopic (exact) mass is 297 g/mol. The van der Waals surface area contributed by atoms with Crippen molar-refractivity contribution in [1.82, 2.24) is 0 Å². The zero-order valence-corrected chi connectivity index (χ0v) is 11.7. The van der Waals surface area contributed by atoms with Gasteiger partial charge in [0.25, 0.3) is 0 Å². The Kier molecular flexibility index (Phi) is 3.26. The van der Waals surface area contributed by atoms with Crippen LogP contribution >= 0.6 is 11.6 Å². The fraction of sp³-hybridized carbons (Fsp3) is 0.500. The summed E-state index contributed by atoms with van der Waals surface area (Å²) in [6, 6.07) is 2.51. The van der Waals surface area contributed by atoms with E-state index in [2.05, 4.69) is 0 Å². The van der Waals surface area contributed by atoms with Crippen LogP contribution in [0.4, 0.5) is 0 Å². The molecule has 0 amide bonds. The van der Waals surface area contributed by atoms with Gasteiger partial charge in [0.05, 0.1) is 18.2 Å².